The summed E-state index contributed by atoms with van der Waals surface area (Å²) in [7, 11) is -2.08. The maximum atomic E-state index is 12.1. The number of fused-ring (bicyclic) bond motifs is 1. The molecule has 8 nitrogen and oxygen atoms in total. The molecule has 0 fully saturated rings. The number of nitrogens with zero attached hydrogens (tertiary/aromatic N) is 5. The zero-order valence-corrected chi connectivity index (χ0v) is 16.3. The van der Waals surface area contributed by atoms with Crippen LogP contribution < -0.4 is 9.62 Å². The highest BCUT2D eigenvalue weighted by Crippen LogP contribution is 2.36. The Morgan fingerprint density at radius 3 is 2.64 bits per heavy atom. The third kappa shape index (κ3) is 3.65. The molecule has 25 heavy (non-hydrogen) atoms. The van der Waals surface area contributed by atoms with Gasteiger partial charge in [0, 0.05) is 25.6 Å². The number of nitrogens with one attached hydrogen (secondary N) is 1. The summed E-state index contributed by atoms with van der Waals surface area (Å²) in [4.78, 5) is 16.5. The van der Waals surface area contributed by atoms with Crippen molar-refractivity contribution in [1.29, 1.82) is 0 Å². The van der Waals surface area contributed by atoms with Gasteiger partial charge in [-0.2, -0.15) is 4.98 Å². The standard InChI is InChI=1S/C14H12BrClN6O2S/c1-22(25(2,23)24)12-10(4-3-9-11(12)18-6-5-17-9)20-13-8(15)7-19-14(16)21-13/h3-7H,1-2H3,(H,19,20,21). The Labute approximate surface area is 157 Å². The monoisotopic (exact) mass is 442 g/mol. The van der Waals surface area contributed by atoms with Gasteiger partial charge in [-0.1, -0.05) is 0 Å². The predicted molar refractivity (Wildman–Crippen MR) is 101 cm³/mol. The third-order valence-corrected chi connectivity index (χ3v) is 5.33. The number of benzene rings is 1. The highest BCUT2D eigenvalue weighted by molar-refractivity contribution is 9.10. The Morgan fingerprint density at radius 1 is 1.20 bits per heavy atom. The Balaban J connectivity index is 2.22. The minimum absolute atomic E-state index is 0.0595. The van der Waals surface area contributed by atoms with Crippen molar-refractivity contribution in [2.75, 3.05) is 22.9 Å². The molecule has 11 heteroatoms. The quantitative estimate of drug-likeness (QED) is 0.619. The van der Waals surface area contributed by atoms with E-state index >= 15 is 0 Å². The molecule has 0 radical (unpaired) electrons. The SMILES string of the molecule is CN(c1c(Nc2nc(Cl)ncc2Br)ccc2nccnc12)S(C)(=O)=O. The topological polar surface area (TPSA) is 101 Å². The van der Waals surface area contributed by atoms with Gasteiger partial charge in [0.15, 0.2) is 0 Å². The first-order chi connectivity index (χ1) is 11.8. The Hall–Kier alpha value is -2.04. The summed E-state index contributed by atoms with van der Waals surface area (Å²) in [5.41, 5.74) is 1.85. The summed E-state index contributed by atoms with van der Waals surface area (Å²) < 4.78 is 25.9. The van der Waals surface area contributed by atoms with E-state index in [0.717, 1.165) is 10.6 Å². The summed E-state index contributed by atoms with van der Waals surface area (Å²) in [5.74, 6) is 0.395. The van der Waals surface area contributed by atoms with Gasteiger partial charge in [-0.3, -0.25) is 14.3 Å². The van der Waals surface area contributed by atoms with Gasteiger partial charge >= 0.3 is 0 Å². The molecular formula is C14H12BrClN6O2S. The van der Waals surface area contributed by atoms with Gasteiger partial charge in [-0.05, 0) is 39.7 Å². The van der Waals surface area contributed by atoms with Crippen LogP contribution in [-0.2, 0) is 10.0 Å². The van der Waals surface area contributed by atoms with Gasteiger partial charge in [-0.25, -0.2) is 13.4 Å². The van der Waals surface area contributed by atoms with Gasteiger partial charge in [-0.15, -0.1) is 0 Å². The molecule has 3 aromatic rings. The number of halogens is 2. The van der Waals surface area contributed by atoms with Gasteiger partial charge in [0.1, 0.15) is 17.0 Å². The minimum atomic E-state index is -3.53. The molecule has 0 amide bonds. The lowest BCUT2D eigenvalue weighted by Crippen LogP contribution is -2.26. The van der Waals surface area contributed by atoms with Crippen molar-refractivity contribution in [3.8, 4) is 0 Å². The fourth-order valence-corrected chi connectivity index (χ4v) is 3.11. The Bertz CT molecular complexity index is 1060. The molecule has 0 bridgehead atoms. The van der Waals surface area contributed by atoms with E-state index < -0.39 is 10.0 Å². The van der Waals surface area contributed by atoms with Gasteiger partial charge in [0.25, 0.3) is 0 Å². The van der Waals surface area contributed by atoms with E-state index in [0.29, 0.717) is 32.7 Å². The molecule has 0 aliphatic carbocycles. The second-order valence-electron chi connectivity index (χ2n) is 5.08. The van der Waals surface area contributed by atoms with E-state index in [1.54, 1.807) is 18.3 Å². The Kier molecular flexibility index (Phi) is 4.76. The van der Waals surface area contributed by atoms with Crippen LogP contribution >= 0.6 is 27.5 Å². The van der Waals surface area contributed by atoms with Crippen LogP contribution in [0.5, 0.6) is 0 Å². The smallest absolute Gasteiger partial charge is 0.232 e. The number of rotatable bonds is 4. The summed E-state index contributed by atoms with van der Waals surface area (Å²) in [5, 5.41) is 3.13. The maximum absolute atomic E-state index is 12.1. The number of sulfonamides is 1. The fourth-order valence-electron chi connectivity index (χ4n) is 2.17. The van der Waals surface area contributed by atoms with E-state index in [1.165, 1.54) is 19.4 Å². The van der Waals surface area contributed by atoms with Gasteiger partial charge in [0.05, 0.1) is 21.9 Å². The van der Waals surface area contributed by atoms with Crippen molar-refractivity contribution in [3.05, 3.63) is 40.5 Å². The zero-order valence-electron chi connectivity index (χ0n) is 13.1. The van der Waals surface area contributed by atoms with Crippen LogP contribution in [0.2, 0.25) is 5.28 Å². The van der Waals surface area contributed by atoms with E-state index in [-0.39, 0.29) is 5.28 Å². The average Bonchev–Trinajstić information content (AvgIpc) is 2.56. The lowest BCUT2D eigenvalue weighted by Gasteiger charge is -2.22. The predicted octanol–water partition coefficient (Wildman–Crippen LogP) is 2.98. The number of hydrogen-bond donors (Lipinski definition) is 1. The lowest BCUT2D eigenvalue weighted by atomic mass is 10.2. The van der Waals surface area contributed by atoms with Crippen molar-refractivity contribution in [3.63, 3.8) is 0 Å². The molecule has 2 aromatic heterocycles. The first-order valence-electron chi connectivity index (χ1n) is 6.90. The molecule has 0 unspecified atom stereocenters. The normalized spacial score (nSPS) is 11.5. The van der Waals surface area contributed by atoms with E-state index in [2.05, 4.69) is 41.2 Å². The van der Waals surface area contributed by atoms with Crippen LogP contribution in [0.15, 0.2) is 35.2 Å². The largest absolute Gasteiger partial charge is 0.337 e. The number of anilines is 3. The second-order valence-corrected chi connectivity index (χ2v) is 8.28. The maximum Gasteiger partial charge on any atom is 0.232 e. The van der Waals surface area contributed by atoms with Crippen molar-refractivity contribution in [1.82, 2.24) is 19.9 Å². The first kappa shape index (κ1) is 17.8. The van der Waals surface area contributed by atoms with E-state index in [1.807, 2.05) is 0 Å². The molecule has 0 saturated heterocycles. The highest BCUT2D eigenvalue weighted by atomic mass is 79.9. The zero-order chi connectivity index (χ0) is 18.2. The van der Waals surface area contributed by atoms with Crippen molar-refractivity contribution < 1.29 is 8.42 Å². The molecule has 1 aromatic carbocycles. The van der Waals surface area contributed by atoms with Crippen LogP contribution in [0.1, 0.15) is 0 Å². The average molecular weight is 444 g/mol. The van der Waals surface area contributed by atoms with Gasteiger partial charge < -0.3 is 5.32 Å². The molecule has 0 saturated carbocycles. The summed E-state index contributed by atoms with van der Waals surface area (Å²) in [6.45, 7) is 0. The van der Waals surface area contributed by atoms with Crippen molar-refractivity contribution in [2.45, 2.75) is 0 Å². The van der Waals surface area contributed by atoms with Crippen LogP contribution in [0.3, 0.4) is 0 Å². The van der Waals surface area contributed by atoms with Crippen LogP contribution in [0.4, 0.5) is 17.2 Å². The van der Waals surface area contributed by atoms with Crippen LogP contribution in [-0.4, -0.2) is 41.7 Å². The molecule has 2 heterocycles. The van der Waals surface area contributed by atoms with Crippen molar-refractivity contribution in [2.24, 2.45) is 0 Å². The number of aromatic nitrogens is 4. The Morgan fingerprint density at radius 2 is 1.92 bits per heavy atom. The van der Waals surface area contributed by atoms with Gasteiger partial charge in [0.2, 0.25) is 15.3 Å². The molecule has 0 aliphatic rings. The molecule has 130 valence electrons. The highest BCUT2D eigenvalue weighted by Gasteiger charge is 2.21. The fraction of sp³-hybridized carbons (Fsp3) is 0.143. The van der Waals surface area contributed by atoms with Crippen molar-refractivity contribution >= 4 is 65.8 Å². The minimum Gasteiger partial charge on any atom is -0.337 e. The molecule has 0 spiro atoms. The summed E-state index contributed by atoms with van der Waals surface area (Å²) >= 11 is 9.17. The molecule has 0 aliphatic heterocycles. The molecule has 1 N–H and O–H groups in total. The molecule has 0 atom stereocenters. The van der Waals surface area contributed by atoms with E-state index in [9.17, 15) is 8.42 Å². The summed E-state index contributed by atoms with van der Waals surface area (Å²) in [6, 6.07) is 3.44. The first-order valence-corrected chi connectivity index (χ1v) is 9.92. The summed E-state index contributed by atoms with van der Waals surface area (Å²) in [6.07, 6.45) is 5.66. The van der Waals surface area contributed by atoms with Crippen LogP contribution in [0.25, 0.3) is 11.0 Å². The lowest BCUT2D eigenvalue weighted by molar-refractivity contribution is 0.600. The third-order valence-electron chi connectivity index (χ3n) is 3.39. The van der Waals surface area contributed by atoms with Crippen LogP contribution in [0, 0.1) is 0 Å². The molecule has 3 rings (SSSR count). The number of hydrogen-bond acceptors (Lipinski definition) is 7. The second kappa shape index (κ2) is 6.70. The van der Waals surface area contributed by atoms with E-state index in [4.69, 9.17) is 11.6 Å². The molecular weight excluding hydrogens is 432 g/mol.